The van der Waals surface area contributed by atoms with Gasteiger partial charge in [0.2, 0.25) is 0 Å². The number of aliphatic imine (C=N–C) groups is 1. The van der Waals surface area contributed by atoms with E-state index in [0.29, 0.717) is 6.54 Å². The lowest BCUT2D eigenvalue weighted by molar-refractivity contribution is 0.634. The summed E-state index contributed by atoms with van der Waals surface area (Å²) in [4.78, 5) is 4.35. The molecule has 0 amide bonds. The number of hydrogen-bond acceptors (Lipinski definition) is 3. The third-order valence-corrected chi connectivity index (χ3v) is 4.87. The molecule has 0 saturated carbocycles. The van der Waals surface area contributed by atoms with E-state index in [2.05, 4.69) is 53.5 Å². The summed E-state index contributed by atoms with van der Waals surface area (Å²) < 4.78 is 3.86. The van der Waals surface area contributed by atoms with Crippen LogP contribution in [-0.4, -0.2) is 38.6 Å². The highest BCUT2D eigenvalue weighted by Crippen LogP contribution is 2.14. The van der Waals surface area contributed by atoms with Gasteiger partial charge in [0, 0.05) is 50.7 Å². The first-order valence-electron chi connectivity index (χ1n) is 8.69. The molecule has 0 fully saturated rings. The number of aryl methyl sites for hydroxylation is 4. The molecule has 7 nitrogen and oxygen atoms in total. The molecule has 138 valence electrons. The summed E-state index contributed by atoms with van der Waals surface area (Å²) in [5.41, 5.74) is 7.07. The number of rotatable bonds is 5. The first kappa shape index (κ1) is 19.0. The van der Waals surface area contributed by atoms with E-state index in [4.69, 9.17) is 0 Å². The van der Waals surface area contributed by atoms with Gasteiger partial charge in [0.05, 0.1) is 11.4 Å². The molecule has 0 radical (unpaired) electrons. The number of nitrogens with one attached hydrogen (secondary N) is 2. The van der Waals surface area contributed by atoms with Crippen LogP contribution in [-0.2, 0) is 27.1 Å². The molecular formula is C18H31N7. The second kappa shape index (κ2) is 7.72. The minimum Gasteiger partial charge on any atom is -0.354 e. The maximum absolute atomic E-state index is 4.49. The third-order valence-electron chi connectivity index (χ3n) is 4.87. The topological polar surface area (TPSA) is 72.1 Å². The van der Waals surface area contributed by atoms with Gasteiger partial charge in [-0.1, -0.05) is 0 Å². The predicted octanol–water partition coefficient (Wildman–Crippen LogP) is 1.68. The normalized spacial score (nSPS) is 13.2. The van der Waals surface area contributed by atoms with Crippen LogP contribution in [0, 0.1) is 27.7 Å². The zero-order valence-electron chi connectivity index (χ0n) is 16.7. The number of guanidine groups is 1. The first-order chi connectivity index (χ1) is 11.7. The summed E-state index contributed by atoms with van der Waals surface area (Å²) in [6.07, 6.45) is 0.914. The molecule has 0 spiro atoms. The maximum atomic E-state index is 4.49. The van der Waals surface area contributed by atoms with Gasteiger partial charge in [-0.15, -0.1) is 0 Å². The zero-order valence-corrected chi connectivity index (χ0v) is 16.7. The van der Waals surface area contributed by atoms with Crippen LogP contribution in [0.1, 0.15) is 40.8 Å². The van der Waals surface area contributed by atoms with Crippen molar-refractivity contribution in [3.8, 4) is 0 Å². The van der Waals surface area contributed by atoms with Crippen LogP contribution >= 0.6 is 0 Å². The van der Waals surface area contributed by atoms with Crippen LogP contribution in [0.4, 0.5) is 0 Å². The van der Waals surface area contributed by atoms with Gasteiger partial charge >= 0.3 is 0 Å². The first-order valence-corrected chi connectivity index (χ1v) is 8.69. The fourth-order valence-electron chi connectivity index (χ4n) is 3.14. The van der Waals surface area contributed by atoms with E-state index >= 15 is 0 Å². The Morgan fingerprint density at radius 2 is 1.52 bits per heavy atom. The van der Waals surface area contributed by atoms with Gasteiger partial charge in [-0.2, -0.15) is 10.2 Å². The Hall–Kier alpha value is -2.31. The summed E-state index contributed by atoms with van der Waals surface area (Å²) in [6.45, 7) is 11.2. The van der Waals surface area contributed by atoms with Crippen LogP contribution in [0.25, 0.3) is 0 Å². The number of hydrogen-bond donors (Lipinski definition) is 2. The highest BCUT2D eigenvalue weighted by Gasteiger charge is 2.15. The van der Waals surface area contributed by atoms with E-state index < -0.39 is 0 Å². The zero-order chi connectivity index (χ0) is 18.7. The Bertz CT molecular complexity index is 767. The van der Waals surface area contributed by atoms with Crippen LogP contribution in [0.5, 0.6) is 0 Å². The van der Waals surface area contributed by atoms with E-state index in [1.165, 1.54) is 22.5 Å². The van der Waals surface area contributed by atoms with E-state index in [1.54, 1.807) is 7.05 Å². The van der Waals surface area contributed by atoms with E-state index in [1.807, 2.05) is 30.4 Å². The predicted molar refractivity (Wildman–Crippen MR) is 102 cm³/mol. The Kier molecular flexibility index (Phi) is 5.87. The number of aromatic nitrogens is 4. The van der Waals surface area contributed by atoms with Gasteiger partial charge in [0.15, 0.2) is 5.96 Å². The summed E-state index contributed by atoms with van der Waals surface area (Å²) in [7, 11) is 5.76. The largest absolute Gasteiger partial charge is 0.354 e. The molecule has 1 unspecified atom stereocenters. The van der Waals surface area contributed by atoms with E-state index in [9.17, 15) is 0 Å². The summed E-state index contributed by atoms with van der Waals surface area (Å²) in [6, 6.07) is 0.254. The monoisotopic (exact) mass is 345 g/mol. The second-order valence-corrected chi connectivity index (χ2v) is 6.72. The van der Waals surface area contributed by atoms with Crippen LogP contribution in [0.15, 0.2) is 4.99 Å². The standard InChI is InChI=1S/C18H31N7/c1-11(9-16-12(2)22-24(7)14(16)4)21-18(19-6)20-10-17-13(3)23-25(8)15(17)5/h11H,9-10H2,1-8H3,(H2,19,20,21). The number of nitrogens with zero attached hydrogens (tertiary/aromatic N) is 5. The average molecular weight is 345 g/mol. The van der Waals surface area contributed by atoms with Gasteiger partial charge in [-0.25, -0.2) is 0 Å². The molecular weight excluding hydrogens is 314 g/mol. The van der Waals surface area contributed by atoms with Crippen LogP contribution in [0.3, 0.4) is 0 Å². The van der Waals surface area contributed by atoms with Crippen LogP contribution < -0.4 is 10.6 Å². The highest BCUT2D eigenvalue weighted by molar-refractivity contribution is 5.80. The lowest BCUT2D eigenvalue weighted by Crippen LogP contribution is -2.43. The van der Waals surface area contributed by atoms with Gasteiger partial charge in [-0.05, 0) is 46.6 Å². The average Bonchev–Trinajstić information content (AvgIpc) is 2.93. The lowest BCUT2D eigenvalue weighted by atomic mass is 10.1. The molecule has 1 atom stereocenters. The van der Waals surface area contributed by atoms with Crippen molar-refractivity contribution in [2.45, 2.75) is 53.6 Å². The highest BCUT2D eigenvalue weighted by atomic mass is 15.3. The minimum absolute atomic E-state index is 0.254. The second-order valence-electron chi connectivity index (χ2n) is 6.72. The summed E-state index contributed by atoms with van der Waals surface area (Å²) >= 11 is 0. The molecule has 0 aromatic carbocycles. The molecule has 2 N–H and O–H groups in total. The van der Waals surface area contributed by atoms with Crippen molar-refractivity contribution in [3.05, 3.63) is 33.9 Å². The fraction of sp³-hybridized carbons (Fsp3) is 0.611. The Morgan fingerprint density at radius 3 is 1.96 bits per heavy atom. The van der Waals surface area contributed by atoms with Crippen molar-refractivity contribution < 1.29 is 0 Å². The SMILES string of the molecule is CN=C(NCc1c(C)nn(C)c1C)NC(C)Cc1c(C)nn(C)c1C. The lowest BCUT2D eigenvalue weighted by Gasteiger charge is -2.18. The van der Waals surface area contributed by atoms with Gasteiger partial charge in [0.25, 0.3) is 0 Å². The molecule has 0 saturated heterocycles. The molecule has 0 aliphatic rings. The van der Waals surface area contributed by atoms with Crippen molar-refractivity contribution in [1.29, 1.82) is 0 Å². The molecule has 0 aliphatic carbocycles. The van der Waals surface area contributed by atoms with Gasteiger partial charge in [0.1, 0.15) is 0 Å². The Balaban J connectivity index is 1.97. The molecule has 7 heteroatoms. The van der Waals surface area contributed by atoms with Gasteiger partial charge in [-0.3, -0.25) is 14.4 Å². The van der Waals surface area contributed by atoms with Crippen molar-refractivity contribution in [2.75, 3.05) is 7.05 Å². The summed E-state index contributed by atoms with van der Waals surface area (Å²) in [5, 5.41) is 15.8. The van der Waals surface area contributed by atoms with Crippen molar-refractivity contribution in [1.82, 2.24) is 30.2 Å². The summed E-state index contributed by atoms with van der Waals surface area (Å²) in [5.74, 6) is 0.800. The smallest absolute Gasteiger partial charge is 0.191 e. The molecule has 2 aromatic rings. The van der Waals surface area contributed by atoms with E-state index in [0.717, 1.165) is 23.8 Å². The Morgan fingerprint density at radius 1 is 1.00 bits per heavy atom. The van der Waals surface area contributed by atoms with Gasteiger partial charge < -0.3 is 10.6 Å². The third kappa shape index (κ3) is 4.21. The molecule has 2 heterocycles. The fourth-order valence-corrected chi connectivity index (χ4v) is 3.14. The molecule has 2 rings (SSSR count). The quantitative estimate of drug-likeness (QED) is 0.639. The van der Waals surface area contributed by atoms with E-state index in [-0.39, 0.29) is 6.04 Å². The molecule has 0 aliphatic heterocycles. The minimum atomic E-state index is 0.254. The molecule has 0 bridgehead atoms. The molecule has 2 aromatic heterocycles. The Labute approximate surface area is 150 Å². The molecule has 25 heavy (non-hydrogen) atoms. The van der Waals surface area contributed by atoms with Crippen molar-refractivity contribution >= 4 is 5.96 Å². The van der Waals surface area contributed by atoms with Crippen molar-refractivity contribution in [3.63, 3.8) is 0 Å². The van der Waals surface area contributed by atoms with Crippen LogP contribution in [0.2, 0.25) is 0 Å². The van der Waals surface area contributed by atoms with Crippen molar-refractivity contribution in [2.24, 2.45) is 19.1 Å². The maximum Gasteiger partial charge on any atom is 0.191 e.